The third kappa shape index (κ3) is 4.64. The zero-order valence-corrected chi connectivity index (χ0v) is 23.2. The molecule has 0 saturated carbocycles. The lowest BCUT2D eigenvalue weighted by atomic mass is 9.59. The van der Waals surface area contributed by atoms with Crippen LogP contribution in [0, 0.1) is 17.8 Å². The van der Waals surface area contributed by atoms with Gasteiger partial charge in [0.2, 0.25) is 11.8 Å². The monoisotopic (exact) mass is 665 g/mol. The molecule has 1 heterocycles. The van der Waals surface area contributed by atoms with Gasteiger partial charge in [0.25, 0.3) is 0 Å². The van der Waals surface area contributed by atoms with Gasteiger partial charge in [-0.05, 0) is 70.6 Å². The van der Waals surface area contributed by atoms with Crippen LogP contribution < -0.4 is 4.90 Å². The van der Waals surface area contributed by atoms with Crippen molar-refractivity contribution in [3.63, 3.8) is 0 Å². The summed E-state index contributed by atoms with van der Waals surface area (Å²) in [6.45, 7) is 0. The first-order valence-electron chi connectivity index (χ1n) is 12.9. The Morgan fingerprint density at radius 2 is 1.44 bits per heavy atom. The average molecular weight is 666 g/mol. The van der Waals surface area contributed by atoms with Crippen molar-refractivity contribution in [3.8, 4) is 5.75 Å². The standard InChI is InChI=1S/C30H18BrF6NO5/c31-21-11-22(40)25-20(26(21)41)10-19-17(23(25)12-1-3-16(39)4-2-12)5-6-18-24(19)28(43)38(27(18)42)15-8-13(29(32,33)34)7-14(9-15)30(35,36)37/h1-5,7-9,11,18-19,23-24,39H,6,10H2. The Kier molecular flexibility index (Phi) is 6.60. The summed E-state index contributed by atoms with van der Waals surface area (Å²) in [5.41, 5.74) is -2.90. The van der Waals surface area contributed by atoms with Crippen molar-refractivity contribution >= 4 is 45.0 Å². The molecule has 0 spiro atoms. The van der Waals surface area contributed by atoms with E-state index in [-0.39, 0.29) is 40.3 Å². The first kappa shape index (κ1) is 29.1. The van der Waals surface area contributed by atoms with Crippen molar-refractivity contribution < 1.29 is 50.6 Å². The van der Waals surface area contributed by atoms with E-state index in [9.17, 15) is 50.6 Å². The topological polar surface area (TPSA) is 91.8 Å². The maximum absolute atomic E-state index is 13.9. The number of imide groups is 1. The molecular weight excluding hydrogens is 648 g/mol. The van der Waals surface area contributed by atoms with Crippen LogP contribution in [0.5, 0.6) is 5.75 Å². The number of nitrogens with zero attached hydrogens (tertiary/aromatic N) is 1. The van der Waals surface area contributed by atoms with Crippen molar-refractivity contribution in [1.29, 1.82) is 0 Å². The molecule has 1 saturated heterocycles. The number of halogens is 7. The van der Waals surface area contributed by atoms with Crippen molar-refractivity contribution in [1.82, 2.24) is 0 Å². The van der Waals surface area contributed by atoms with E-state index in [4.69, 9.17) is 0 Å². The lowest BCUT2D eigenvalue weighted by Crippen LogP contribution is -2.39. The second-order valence-corrected chi connectivity index (χ2v) is 11.6. The molecule has 4 atom stereocenters. The lowest BCUT2D eigenvalue weighted by molar-refractivity contribution is -0.143. The number of allylic oxidation sites excluding steroid dienone is 6. The molecule has 6 rings (SSSR count). The van der Waals surface area contributed by atoms with E-state index in [1.807, 2.05) is 0 Å². The van der Waals surface area contributed by atoms with Crippen LogP contribution in [0.3, 0.4) is 0 Å². The molecule has 0 bridgehead atoms. The summed E-state index contributed by atoms with van der Waals surface area (Å²) in [6, 6.07) is 6.43. The Labute approximate surface area is 247 Å². The van der Waals surface area contributed by atoms with Crippen LogP contribution in [0.2, 0.25) is 0 Å². The number of benzene rings is 2. The molecule has 222 valence electrons. The zero-order valence-electron chi connectivity index (χ0n) is 21.6. The predicted octanol–water partition coefficient (Wildman–Crippen LogP) is 6.40. The molecule has 0 aromatic heterocycles. The number of rotatable bonds is 2. The second-order valence-electron chi connectivity index (χ2n) is 10.8. The highest BCUT2D eigenvalue weighted by Gasteiger charge is 2.57. The van der Waals surface area contributed by atoms with Crippen LogP contribution in [-0.4, -0.2) is 28.5 Å². The molecule has 4 aliphatic rings. The van der Waals surface area contributed by atoms with E-state index in [1.54, 1.807) is 18.2 Å². The number of carbonyl (C=O) groups is 4. The van der Waals surface area contributed by atoms with Gasteiger partial charge in [0.15, 0.2) is 11.6 Å². The number of aromatic hydroxyl groups is 1. The van der Waals surface area contributed by atoms with E-state index in [1.165, 1.54) is 12.1 Å². The fourth-order valence-corrected chi connectivity index (χ4v) is 7.02. The summed E-state index contributed by atoms with van der Waals surface area (Å²) in [4.78, 5) is 54.2. The Morgan fingerprint density at radius 3 is 2.02 bits per heavy atom. The van der Waals surface area contributed by atoms with E-state index < -0.39 is 76.2 Å². The van der Waals surface area contributed by atoms with Gasteiger partial charge in [0, 0.05) is 23.1 Å². The van der Waals surface area contributed by atoms with Crippen LogP contribution in [-0.2, 0) is 31.5 Å². The number of Topliss-reactive ketones (excluding diaryl/α,β-unsaturated/α-hetero) is 1. The molecule has 6 nitrogen and oxygen atoms in total. The fraction of sp³-hybridized carbons (Fsp3) is 0.267. The Balaban J connectivity index is 1.47. The van der Waals surface area contributed by atoms with Crippen molar-refractivity contribution in [2.24, 2.45) is 17.8 Å². The summed E-state index contributed by atoms with van der Waals surface area (Å²) < 4.78 is 81.4. The van der Waals surface area contributed by atoms with Gasteiger partial charge in [-0.2, -0.15) is 26.3 Å². The maximum atomic E-state index is 13.9. The van der Waals surface area contributed by atoms with Gasteiger partial charge in [-0.1, -0.05) is 23.8 Å². The highest BCUT2D eigenvalue weighted by molar-refractivity contribution is 9.12. The molecule has 1 fully saturated rings. The Hall–Kier alpha value is -4.00. The molecule has 1 aliphatic heterocycles. The van der Waals surface area contributed by atoms with Crippen LogP contribution in [0.15, 0.2) is 75.8 Å². The first-order chi connectivity index (χ1) is 20.1. The molecule has 2 amide bonds. The van der Waals surface area contributed by atoms with Gasteiger partial charge in [-0.25, -0.2) is 4.90 Å². The number of phenolic OH excluding ortho intramolecular Hbond substituents is 1. The van der Waals surface area contributed by atoms with Gasteiger partial charge in [-0.3, -0.25) is 19.2 Å². The van der Waals surface area contributed by atoms with Crippen LogP contribution >= 0.6 is 15.9 Å². The van der Waals surface area contributed by atoms with Crippen molar-refractivity contribution in [2.45, 2.75) is 31.1 Å². The minimum absolute atomic E-state index is 0.0143. The zero-order chi connectivity index (χ0) is 31.2. The molecule has 43 heavy (non-hydrogen) atoms. The van der Waals surface area contributed by atoms with Gasteiger partial charge >= 0.3 is 12.4 Å². The largest absolute Gasteiger partial charge is 0.508 e. The molecule has 0 radical (unpaired) electrons. The number of hydrogen-bond acceptors (Lipinski definition) is 5. The quantitative estimate of drug-likeness (QED) is 0.174. The molecule has 3 aliphatic carbocycles. The van der Waals surface area contributed by atoms with E-state index >= 15 is 0 Å². The number of amides is 2. The average Bonchev–Trinajstić information content (AvgIpc) is 3.19. The van der Waals surface area contributed by atoms with Gasteiger partial charge in [0.1, 0.15) is 5.75 Å². The minimum Gasteiger partial charge on any atom is -0.508 e. The normalized spacial score (nSPS) is 25.8. The summed E-state index contributed by atoms with van der Waals surface area (Å²) in [5, 5.41) is 9.82. The maximum Gasteiger partial charge on any atom is 0.416 e. The highest BCUT2D eigenvalue weighted by atomic mass is 79.9. The van der Waals surface area contributed by atoms with Crippen LogP contribution in [0.1, 0.15) is 35.4 Å². The van der Waals surface area contributed by atoms with E-state index in [0.29, 0.717) is 28.2 Å². The Bertz CT molecular complexity index is 1690. The smallest absolute Gasteiger partial charge is 0.416 e. The van der Waals surface area contributed by atoms with Crippen LogP contribution in [0.4, 0.5) is 32.0 Å². The van der Waals surface area contributed by atoms with Crippen LogP contribution in [0.25, 0.3) is 0 Å². The summed E-state index contributed by atoms with van der Waals surface area (Å²) in [7, 11) is 0. The second kappa shape index (κ2) is 9.76. The number of phenols is 1. The van der Waals surface area contributed by atoms with Gasteiger partial charge in [-0.15, -0.1) is 0 Å². The summed E-state index contributed by atoms with van der Waals surface area (Å²) >= 11 is 3.09. The van der Waals surface area contributed by atoms with E-state index in [0.717, 1.165) is 6.08 Å². The molecule has 4 unspecified atom stereocenters. The molecule has 2 aromatic carbocycles. The number of carbonyl (C=O) groups excluding carboxylic acids is 4. The third-order valence-corrected chi connectivity index (χ3v) is 8.98. The highest BCUT2D eigenvalue weighted by Crippen LogP contribution is 2.56. The lowest BCUT2D eigenvalue weighted by Gasteiger charge is -2.42. The minimum atomic E-state index is -5.19. The van der Waals surface area contributed by atoms with Crippen molar-refractivity contribution in [3.05, 3.63) is 92.5 Å². The molecular formula is C30H18BrF6NO5. The third-order valence-electron chi connectivity index (χ3n) is 8.39. The van der Waals surface area contributed by atoms with E-state index in [2.05, 4.69) is 15.9 Å². The number of hydrogen-bond donors (Lipinski definition) is 1. The van der Waals surface area contributed by atoms with Gasteiger partial charge < -0.3 is 5.11 Å². The SMILES string of the molecule is O=C1C=C(Br)C(=O)C2=C1C(c1ccc(O)cc1)C1=CCC3C(=O)N(c4cc(C(F)(F)F)cc(C(F)(F)F)c4)C(=O)C3C1C2. The molecule has 2 aromatic rings. The first-order valence-corrected chi connectivity index (χ1v) is 13.7. The predicted molar refractivity (Wildman–Crippen MR) is 142 cm³/mol. The molecule has 1 N–H and O–H groups in total. The van der Waals surface area contributed by atoms with Gasteiger partial charge in [0.05, 0.1) is 33.1 Å². The number of ketones is 2. The number of alkyl halides is 6. The summed E-state index contributed by atoms with van der Waals surface area (Å²) in [6.07, 6.45) is -7.81. The fourth-order valence-electron chi connectivity index (χ4n) is 6.57. The summed E-state index contributed by atoms with van der Waals surface area (Å²) in [5.74, 6) is -7.00. The number of fused-ring (bicyclic) bond motifs is 3. The Morgan fingerprint density at radius 1 is 0.837 bits per heavy atom. The van der Waals surface area contributed by atoms with Crippen molar-refractivity contribution in [2.75, 3.05) is 4.90 Å². The molecule has 13 heteroatoms. The number of anilines is 1.